The van der Waals surface area contributed by atoms with E-state index >= 15 is 0 Å². The van der Waals surface area contributed by atoms with Gasteiger partial charge in [0.15, 0.2) is 6.61 Å². The molecule has 2 N–H and O–H groups in total. The van der Waals surface area contributed by atoms with E-state index < -0.39 is 12.6 Å². The van der Waals surface area contributed by atoms with Crippen molar-refractivity contribution in [3.05, 3.63) is 53.7 Å². The predicted molar refractivity (Wildman–Crippen MR) is 100 cm³/mol. The molecule has 2 aromatic rings. The van der Waals surface area contributed by atoms with Crippen LogP contribution in [-0.2, 0) is 4.79 Å². The van der Waals surface area contributed by atoms with Crippen LogP contribution in [0.1, 0.15) is 49.2 Å². The predicted octanol–water partition coefficient (Wildman–Crippen LogP) is 3.21. The van der Waals surface area contributed by atoms with Crippen molar-refractivity contribution in [1.29, 1.82) is 0 Å². The highest BCUT2D eigenvalue weighted by Crippen LogP contribution is 2.19. The van der Waals surface area contributed by atoms with Gasteiger partial charge in [-0.05, 0) is 44.0 Å². The highest BCUT2D eigenvalue weighted by molar-refractivity contribution is 5.94. The van der Waals surface area contributed by atoms with Crippen LogP contribution in [-0.4, -0.2) is 34.7 Å². The number of aliphatic carboxylic acids is 1. The maximum Gasteiger partial charge on any atom is 0.341 e. The van der Waals surface area contributed by atoms with Crippen molar-refractivity contribution in [3.63, 3.8) is 0 Å². The van der Waals surface area contributed by atoms with Gasteiger partial charge in [0, 0.05) is 17.8 Å². The van der Waals surface area contributed by atoms with Crippen molar-refractivity contribution in [2.45, 2.75) is 39.3 Å². The third kappa shape index (κ3) is 6.29. The first-order chi connectivity index (χ1) is 12.9. The van der Waals surface area contributed by atoms with E-state index in [-0.39, 0.29) is 18.1 Å². The number of carboxylic acids is 1. The van der Waals surface area contributed by atoms with Gasteiger partial charge in [0.2, 0.25) is 5.88 Å². The molecule has 2 rings (SSSR count). The standard InChI is InChI=1S/C20H24N2O5/c1-4-13(2)27-18-11-16(9-10-21-18)20(25)22-14(3)15-5-7-17(8-6-15)26-12-19(23)24/h5-11,13-14H,4,12H2,1-3H3,(H,22,25)(H,23,24). The lowest BCUT2D eigenvalue weighted by Gasteiger charge is -2.16. The summed E-state index contributed by atoms with van der Waals surface area (Å²) < 4.78 is 10.7. The number of ether oxygens (including phenoxy) is 2. The van der Waals surface area contributed by atoms with Gasteiger partial charge in [0.05, 0.1) is 12.1 Å². The Bertz CT molecular complexity index is 776. The molecule has 1 aromatic carbocycles. The van der Waals surface area contributed by atoms with E-state index in [1.54, 1.807) is 42.6 Å². The van der Waals surface area contributed by atoms with E-state index in [1.165, 1.54) is 0 Å². The molecule has 0 saturated carbocycles. The van der Waals surface area contributed by atoms with E-state index in [9.17, 15) is 9.59 Å². The summed E-state index contributed by atoms with van der Waals surface area (Å²) in [6, 6.07) is 9.93. The van der Waals surface area contributed by atoms with Crippen LogP contribution in [0.2, 0.25) is 0 Å². The molecule has 0 aliphatic carbocycles. The zero-order chi connectivity index (χ0) is 19.8. The van der Waals surface area contributed by atoms with Crippen LogP contribution < -0.4 is 14.8 Å². The van der Waals surface area contributed by atoms with Gasteiger partial charge in [0.1, 0.15) is 5.75 Å². The van der Waals surface area contributed by atoms with E-state index in [1.807, 2.05) is 20.8 Å². The summed E-state index contributed by atoms with van der Waals surface area (Å²) in [7, 11) is 0. The van der Waals surface area contributed by atoms with Crippen molar-refractivity contribution in [1.82, 2.24) is 10.3 Å². The Morgan fingerprint density at radius 2 is 1.89 bits per heavy atom. The highest BCUT2D eigenvalue weighted by Gasteiger charge is 2.13. The average Bonchev–Trinajstić information content (AvgIpc) is 2.66. The lowest BCUT2D eigenvalue weighted by Crippen LogP contribution is -2.26. The zero-order valence-electron chi connectivity index (χ0n) is 15.6. The van der Waals surface area contributed by atoms with Gasteiger partial charge in [0.25, 0.3) is 5.91 Å². The second kappa shape index (κ2) is 9.56. The van der Waals surface area contributed by atoms with Crippen molar-refractivity contribution >= 4 is 11.9 Å². The number of hydrogen-bond acceptors (Lipinski definition) is 5. The number of rotatable bonds is 9. The van der Waals surface area contributed by atoms with Gasteiger partial charge >= 0.3 is 5.97 Å². The Hall–Kier alpha value is -3.09. The van der Waals surface area contributed by atoms with Crippen LogP contribution in [0.4, 0.5) is 0 Å². The third-order valence-electron chi connectivity index (χ3n) is 3.98. The van der Waals surface area contributed by atoms with E-state index in [2.05, 4.69) is 10.3 Å². The van der Waals surface area contributed by atoms with Crippen LogP contribution in [0.5, 0.6) is 11.6 Å². The van der Waals surface area contributed by atoms with Crippen LogP contribution in [0.3, 0.4) is 0 Å². The minimum Gasteiger partial charge on any atom is -0.482 e. The monoisotopic (exact) mass is 372 g/mol. The van der Waals surface area contributed by atoms with Crippen molar-refractivity contribution in [2.75, 3.05) is 6.61 Å². The summed E-state index contributed by atoms with van der Waals surface area (Å²) in [4.78, 5) is 27.1. The van der Waals surface area contributed by atoms with Crippen molar-refractivity contribution in [3.8, 4) is 11.6 Å². The minimum absolute atomic E-state index is 0.0246. The highest BCUT2D eigenvalue weighted by atomic mass is 16.5. The summed E-state index contributed by atoms with van der Waals surface area (Å²) in [6.07, 6.45) is 2.42. The molecule has 27 heavy (non-hydrogen) atoms. The number of pyridine rings is 1. The molecular formula is C20H24N2O5. The van der Waals surface area contributed by atoms with Gasteiger partial charge in [-0.15, -0.1) is 0 Å². The first-order valence-electron chi connectivity index (χ1n) is 8.77. The molecule has 7 nitrogen and oxygen atoms in total. The van der Waals surface area contributed by atoms with Gasteiger partial charge < -0.3 is 19.9 Å². The molecule has 0 saturated heterocycles. The topological polar surface area (TPSA) is 97.8 Å². The fraction of sp³-hybridized carbons (Fsp3) is 0.350. The minimum atomic E-state index is -1.03. The van der Waals surface area contributed by atoms with Gasteiger partial charge in [-0.2, -0.15) is 0 Å². The molecule has 0 aliphatic heterocycles. The van der Waals surface area contributed by atoms with Crippen LogP contribution in [0.25, 0.3) is 0 Å². The second-order valence-electron chi connectivity index (χ2n) is 6.17. The number of hydrogen-bond donors (Lipinski definition) is 2. The number of carbonyl (C=O) groups excluding carboxylic acids is 1. The quantitative estimate of drug-likeness (QED) is 0.701. The molecule has 2 unspecified atom stereocenters. The lowest BCUT2D eigenvalue weighted by molar-refractivity contribution is -0.139. The third-order valence-corrected chi connectivity index (χ3v) is 3.98. The van der Waals surface area contributed by atoms with Crippen LogP contribution in [0.15, 0.2) is 42.6 Å². The number of carbonyl (C=O) groups is 2. The Morgan fingerprint density at radius 3 is 2.52 bits per heavy atom. The number of nitrogens with one attached hydrogen (secondary N) is 1. The maximum absolute atomic E-state index is 12.5. The molecule has 1 aromatic heterocycles. The van der Waals surface area contributed by atoms with E-state index in [0.29, 0.717) is 17.2 Å². The Kier molecular flexibility index (Phi) is 7.16. The Morgan fingerprint density at radius 1 is 1.19 bits per heavy atom. The lowest BCUT2D eigenvalue weighted by atomic mass is 10.1. The molecule has 0 fully saturated rings. The fourth-order valence-corrected chi connectivity index (χ4v) is 2.27. The summed E-state index contributed by atoms with van der Waals surface area (Å²) >= 11 is 0. The van der Waals surface area contributed by atoms with Gasteiger partial charge in [-0.1, -0.05) is 19.1 Å². The second-order valence-corrected chi connectivity index (χ2v) is 6.17. The van der Waals surface area contributed by atoms with Crippen LogP contribution in [0, 0.1) is 0 Å². The average molecular weight is 372 g/mol. The molecular weight excluding hydrogens is 348 g/mol. The summed E-state index contributed by atoms with van der Waals surface area (Å²) in [5, 5.41) is 11.5. The summed E-state index contributed by atoms with van der Waals surface area (Å²) in [5.74, 6) is -0.385. The number of nitrogens with zero attached hydrogens (tertiary/aromatic N) is 1. The summed E-state index contributed by atoms with van der Waals surface area (Å²) in [6.45, 7) is 5.43. The first-order valence-corrected chi connectivity index (χ1v) is 8.77. The fourth-order valence-electron chi connectivity index (χ4n) is 2.27. The number of aromatic nitrogens is 1. The molecule has 144 valence electrons. The molecule has 1 amide bonds. The van der Waals surface area contributed by atoms with E-state index in [4.69, 9.17) is 14.6 Å². The first kappa shape index (κ1) is 20.2. The van der Waals surface area contributed by atoms with Gasteiger partial charge in [-0.25, -0.2) is 9.78 Å². The van der Waals surface area contributed by atoms with Crippen LogP contribution >= 0.6 is 0 Å². The molecule has 0 aliphatic rings. The summed E-state index contributed by atoms with van der Waals surface area (Å²) in [5.41, 5.74) is 1.34. The number of benzene rings is 1. The Labute approximate surface area is 158 Å². The Balaban J connectivity index is 1.98. The zero-order valence-corrected chi connectivity index (χ0v) is 15.6. The molecule has 7 heteroatoms. The SMILES string of the molecule is CCC(C)Oc1cc(C(=O)NC(C)c2ccc(OCC(=O)O)cc2)ccn1. The molecule has 2 atom stereocenters. The van der Waals surface area contributed by atoms with Crippen molar-refractivity contribution in [2.24, 2.45) is 0 Å². The van der Waals surface area contributed by atoms with E-state index in [0.717, 1.165) is 12.0 Å². The largest absolute Gasteiger partial charge is 0.482 e. The molecule has 1 heterocycles. The normalized spacial score (nSPS) is 12.7. The number of amides is 1. The molecule has 0 radical (unpaired) electrons. The van der Waals surface area contributed by atoms with Crippen molar-refractivity contribution < 1.29 is 24.2 Å². The maximum atomic E-state index is 12.5. The molecule has 0 bridgehead atoms. The molecule has 0 spiro atoms. The smallest absolute Gasteiger partial charge is 0.341 e. The number of carboxylic acid groups (broad SMARTS) is 1. The van der Waals surface area contributed by atoms with Gasteiger partial charge in [-0.3, -0.25) is 4.79 Å².